The topological polar surface area (TPSA) is 61.9 Å². The van der Waals surface area contributed by atoms with Gasteiger partial charge in [-0.2, -0.15) is 0 Å². The van der Waals surface area contributed by atoms with E-state index in [1.807, 2.05) is 24.5 Å². The standard InChI is InChI=1S/C11H10BrN5/c12-9-7(17-11-15-5-6-16-11)1-2-8-10(9)14-4-3-13-8/h1-6,11,15-17H. The maximum Gasteiger partial charge on any atom is 0.173 e. The minimum Gasteiger partial charge on any atom is -0.353 e. The van der Waals surface area contributed by atoms with Gasteiger partial charge in [0.05, 0.1) is 15.7 Å². The van der Waals surface area contributed by atoms with Gasteiger partial charge in [-0.3, -0.25) is 9.97 Å². The number of nitrogens with zero attached hydrogens (tertiary/aromatic N) is 2. The number of hydrogen-bond donors (Lipinski definition) is 3. The van der Waals surface area contributed by atoms with Crippen molar-refractivity contribution in [2.45, 2.75) is 6.29 Å². The van der Waals surface area contributed by atoms with Gasteiger partial charge in [0.25, 0.3) is 0 Å². The van der Waals surface area contributed by atoms with Crippen LogP contribution in [-0.4, -0.2) is 16.3 Å². The minimum absolute atomic E-state index is 0.000390. The van der Waals surface area contributed by atoms with Crippen LogP contribution in [0.1, 0.15) is 0 Å². The lowest BCUT2D eigenvalue weighted by Crippen LogP contribution is -2.38. The molecule has 0 bridgehead atoms. The van der Waals surface area contributed by atoms with Gasteiger partial charge in [-0.1, -0.05) is 0 Å². The van der Waals surface area contributed by atoms with Crippen molar-refractivity contribution >= 4 is 32.7 Å². The second-order valence-corrected chi connectivity index (χ2v) is 4.39. The highest BCUT2D eigenvalue weighted by atomic mass is 79.9. The lowest BCUT2D eigenvalue weighted by Gasteiger charge is -2.17. The van der Waals surface area contributed by atoms with Crippen LogP contribution in [0.25, 0.3) is 11.0 Å². The summed E-state index contributed by atoms with van der Waals surface area (Å²) < 4.78 is 0.915. The molecule has 3 rings (SSSR count). The smallest absolute Gasteiger partial charge is 0.173 e. The molecule has 86 valence electrons. The maximum absolute atomic E-state index is 4.31. The molecule has 0 radical (unpaired) electrons. The van der Waals surface area contributed by atoms with Gasteiger partial charge in [-0.25, -0.2) is 0 Å². The summed E-state index contributed by atoms with van der Waals surface area (Å²) in [5, 5.41) is 9.54. The lowest BCUT2D eigenvalue weighted by molar-refractivity contribution is 0.640. The van der Waals surface area contributed by atoms with Gasteiger partial charge < -0.3 is 16.0 Å². The Morgan fingerprint density at radius 2 is 1.88 bits per heavy atom. The van der Waals surface area contributed by atoms with E-state index in [9.17, 15) is 0 Å². The van der Waals surface area contributed by atoms with Crippen molar-refractivity contribution in [2.75, 3.05) is 5.32 Å². The normalized spacial score (nSPS) is 14.6. The Balaban J connectivity index is 1.96. The van der Waals surface area contributed by atoms with Crippen molar-refractivity contribution in [3.8, 4) is 0 Å². The van der Waals surface area contributed by atoms with Crippen molar-refractivity contribution in [3.63, 3.8) is 0 Å². The molecule has 2 heterocycles. The van der Waals surface area contributed by atoms with Gasteiger partial charge in [0.2, 0.25) is 0 Å². The van der Waals surface area contributed by atoms with Crippen LogP contribution in [0.3, 0.4) is 0 Å². The van der Waals surface area contributed by atoms with E-state index < -0.39 is 0 Å². The summed E-state index contributed by atoms with van der Waals surface area (Å²) in [5.74, 6) is 0. The van der Waals surface area contributed by atoms with Crippen LogP contribution in [0.2, 0.25) is 0 Å². The van der Waals surface area contributed by atoms with Gasteiger partial charge in [0.15, 0.2) is 6.29 Å². The molecule has 1 aliphatic heterocycles. The number of hydrogen-bond acceptors (Lipinski definition) is 5. The average Bonchev–Trinajstić information content (AvgIpc) is 2.86. The van der Waals surface area contributed by atoms with E-state index in [2.05, 4.69) is 41.8 Å². The molecule has 3 N–H and O–H groups in total. The highest BCUT2D eigenvalue weighted by molar-refractivity contribution is 9.10. The second kappa shape index (κ2) is 4.21. The zero-order chi connectivity index (χ0) is 11.7. The number of anilines is 1. The van der Waals surface area contributed by atoms with E-state index in [0.717, 1.165) is 21.2 Å². The van der Waals surface area contributed by atoms with Crippen LogP contribution >= 0.6 is 15.9 Å². The Labute approximate surface area is 106 Å². The number of rotatable bonds is 2. The fraction of sp³-hybridized carbons (Fsp3) is 0.0909. The third kappa shape index (κ3) is 1.91. The minimum atomic E-state index is 0.000390. The molecule has 2 aromatic rings. The number of fused-ring (bicyclic) bond motifs is 1. The van der Waals surface area contributed by atoms with Crippen LogP contribution in [0.5, 0.6) is 0 Å². The van der Waals surface area contributed by atoms with E-state index in [4.69, 9.17) is 0 Å². The number of aromatic nitrogens is 2. The van der Waals surface area contributed by atoms with Gasteiger partial charge >= 0.3 is 0 Å². The molecular formula is C11H10BrN5. The van der Waals surface area contributed by atoms with Crippen LogP contribution < -0.4 is 16.0 Å². The summed E-state index contributed by atoms with van der Waals surface area (Å²) >= 11 is 3.55. The van der Waals surface area contributed by atoms with E-state index in [-0.39, 0.29) is 6.29 Å². The van der Waals surface area contributed by atoms with Crippen molar-refractivity contribution < 1.29 is 0 Å². The molecule has 0 amide bonds. The Kier molecular flexibility index (Phi) is 2.56. The fourth-order valence-corrected chi connectivity index (χ4v) is 2.24. The molecule has 0 fully saturated rings. The lowest BCUT2D eigenvalue weighted by atomic mass is 10.2. The van der Waals surface area contributed by atoms with Crippen molar-refractivity contribution in [1.82, 2.24) is 20.6 Å². The monoisotopic (exact) mass is 291 g/mol. The van der Waals surface area contributed by atoms with Crippen LogP contribution in [0.4, 0.5) is 5.69 Å². The Hall–Kier alpha value is -1.82. The van der Waals surface area contributed by atoms with E-state index in [1.54, 1.807) is 12.4 Å². The van der Waals surface area contributed by atoms with Crippen molar-refractivity contribution in [1.29, 1.82) is 0 Å². The first-order valence-corrected chi connectivity index (χ1v) is 5.97. The number of benzene rings is 1. The third-order valence-electron chi connectivity index (χ3n) is 2.49. The molecule has 0 saturated carbocycles. The SMILES string of the molecule is Brc1c(NC2NC=CN2)ccc2nccnc12. The Morgan fingerprint density at radius 1 is 1.12 bits per heavy atom. The zero-order valence-corrected chi connectivity index (χ0v) is 10.4. The summed E-state index contributed by atoms with van der Waals surface area (Å²) in [6.45, 7) is 0. The van der Waals surface area contributed by atoms with Gasteiger partial charge in [-0.15, -0.1) is 0 Å². The largest absolute Gasteiger partial charge is 0.353 e. The quantitative estimate of drug-likeness (QED) is 0.787. The highest BCUT2D eigenvalue weighted by Crippen LogP contribution is 2.29. The fourth-order valence-electron chi connectivity index (χ4n) is 1.69. The van der Waals surface area contributed by atoms with Gasteiger partial charge in [0, 0.05) is 24.8 Å². The summed E-state index contributed by atoms with van der Waals surface area (Å²) in [6.07, 6.45) is 7.08. The van der Waals surface area contributed by atoms with Gasteiger partial charge in [0.1, 0.15) is 5.52 Å². The van der Waals surface area contributed by atoms with Crippen LogP contribution in [0, 0.1) is 0 Å². The Bertz CT molecular complexity index is 575. The molecule has 0 unspecified atom stereocenters. The predicted octanol–water partition coefficient (Wildman–Crippen LogP) is 1.75. The van der Waals surface area contributed by atoms with E-state index in [1.165, 1.54) is 0 Å². The zero-order valence-electron chi connectivity index (χ0n) is 8.81. The summed E-state index contributed by atoms with van der Waals surface area (Å²) in [4.78, 5) is 8.56. The van der Waals surface area contributed by atoms with Crippen molar-refractivity contribution in [2.24, 2.45) is 0 Å². The molecule has 5 nitrogen and oxygen atoms in total. The molecule has 0 spiro atoms. The number of nitrogens with one attached hydrogen (secondary N) is 3. The molecule has 1 aliphatic rings. The maximum atomic E-state index is 4.31. The molecule has 17 heavy (non-hydrogen) atoms. The van der Waals surface area contributed by atoms with Crippen molar-refractivity contribution in [3.05, 3.63) is 41.4 Å². The second-order valence-electron chi connectivity index (χ2n) is 3.60. The van der Waals surface area contributed by atoms with E-state index >= 15 is 0 Å². The van der Waals surface area contributed by atoms with Crippen LogP contribution in [0.15, 0.2) is 41.4 Å². The Morgan fingerprint density at radius 3 is 2.71 bits per heavy atom. The van der Waals surface area contributed by atoms with Crippen LogP contribution in [-0.2, 0) is 0 Å². The first-order valence-electron chi connectivity index (χ1n) is 5.17. The molecular weight excluding hydrogens is 282 g/mol. The highest BCUT2D eigenvalue weighted by Gasteiger charge is 2.11. The summed E-state index contributed by atoms with van der Waals surface area (Å²) in [7, 11) is 0. The third-order valence-corrected chi connectivity index (χ3v) is 3.29. The predicted molar refractivity (Wildman–Crippen MR) is 70.1 cm³/mol. The number of halogens is 1. The molecule has 0 atom stereocenters. The average molecular weight is 292 g/mol. The first-order chi connectivity index (χ1) is 8.34. The summed E-state index contributed by atoms with van der Waals surface area (Å²) in [6, 6.07) is 3.92. The first kappa shape index (κ1) is 10.3. The van der Waals surface area contributed by atoms with Gasteiger partial charge in [-0.05, 0) is 28.1 Å². The molecule has 0 aliphatic carbocycles. The molecule has 1 aromatic carbocycles. The molecule has 0 saturated heterocycles. The molecule has 1 aromatic heterocycles. The van der Waals surface area contributed by atoms with E-state index in [0.29, 0.717) is 0 Å². The summed E-state index contributed by atoms with van der Waals surface area (Å²) in [5.41, 5.74) is 2.69. The molecule has 6 heteroatoms.